The molecule has 1 unspecified atom stereocenters. The molecule has 5 heteroatoms. The van der Waals surface area contributed by atoms with Crippen LogP contribution < -0.4 is 0 Å². The highest BCUT2D eigenvalue weighted by Crippen LogP contribution is 2.25. The Hall–Kier alpha value is -1.07. The second-order valence-corrected chi connectivity index (χ2v) is 3.98. The normalized spacial score (nSPS) is 20.9. The van der Waals surface area contributed by atoms with Crippen molar-refractivity contribution in [2.75, 3.05) is 13.2 Å². The van der Waals surface area contributed by atoms with Crippen molar-refractivity contribution in [1.82, 2.24) is 15.2 Å². The van der Waals surface area contributed by atoms with E-state index >= 15 is 0 Å². The average Bonchev–Trinajstić information content (AvgIpc) is 2.38. The van der Waals surface area contributed by atoms with Crippen LogP contribution in [0.1, 0.15) is 43.3 Å². The Labute approximate surface area is 94.9 Å². The number of nitrogens with zero attached hydrogens (tertiary/aromatic N) is 3. The van der Waals surface area contributed by atoms with Gasteiger partial charge in [-0.15, -0.1) is 5.10 Å². The third kappa shape index (κ3) is 2.96. The summed E-state index contributed by atoms with van der Waals surface area (Å²) >= 11 is 0. The van der Waals surface area contributed by atoms with Crippen molar-refractivity contribution < 1.29 is 9.84 Å². The molecule has 2 heterocycles. The summed E-state index contributed by atoms with van der Waals surface area (Å²) in [5.41, 5.74) is 0.877. The van der Waals surface area contributed by atoms with Crippen LogP contribution in [0.15, 0.2) is 6.20 Å². The molecule has 0 aromatic carbocycles. The molecule has 5 nitrogen and oxygen atoms in total. The summed E-state index contributed by atoms with van der Waals surface area (Å²) in [7, 11) is 0. The first-order chi connectivity index (χ1) is 7.90. The molecule has 1 aliphatic heterocycles. The number of aromatic nitrogens is 3. The highest BCUT2D eigenvalue weighted by atomic mass is 16.5. The SMILES string of the molecule is OCCCc1nncc(C2CCCCO2)n1. The zero-order chi connectivity index (χ0) is 11.2. The van der Waals surface area contributed by atoms with E-state index in [-0.39, 0.29) is 12.7 Å². The van der Waals surface area contributed by atoms with Crippen LogP contribution in [-0.2, 0) is 11.2 Å². The van der Waals surface area contributed by atoms with Crippen molar-refractivity contribution in [2.24, 2.45) is 0 Å². The molecule has 0 bridgehead atoms. The minimum absolute atomic E-state index is 0.0807. The number of aliphatic hydroxyl groups excluding tert-OH is 1. The van der Waals surface area contributed by atoms with Crippen molar-refractivity contribution >= 4 is 0 Å². The van der Waals surface area contributed by atoms with E-state index in [1.54, 1.807) is 6.20 Å². The highest BCUT2D eigenvalue weighted by molar-refractivity contribution is 5.01. The molecule has 0 spiro atoms. The van der Waals surface area contributed by atoms with Gasteiger partial charge in [-0.3, -0.25) is 0 Å². The van der Waals surface area contributed by atoms with Crippen LogP contribution in [0.2, 0.25) is 0 Å². The van der Waals surface area contributed by atoms with Gasteiger partial charge in [-0.25, -0.2) is 4.98 Å². The topological polar surface area (TPSA) is 68.1 Å². The first-order valence-electron chi connectivity index (χ1n) is 5.81. The van der Waals surface area contributed by atoms with Crippen molar-refractivity contribution in [2.45, 2.75) is 38.2 Å². The van der Waals surface area contributed by atoms with E-state index in [4.69, 9.17) is 9.84 Å². The third-order valence-electron chi connectivity index (χ3n) is 2.69. The highest BCUT2D eigenvalue weighted by Gasteiger charge is 2.18. The lowest BCUT2D eigenvalue weighted by Gasteiger charge is -2.21. The van der Waals surface area contributed by atoms with Crippen LogP contribution in [0.5, 0.6) is 0 Å². The van der Waals surface area contributed by atoms with Gasteiger partial charge in [0.2, 0.25) is 0 Å². The number of ether oxygens (including phenoxy) is 1. The van der Waals surface area contributed by atoms with E-state index < -0.39 is 0 Å². The lowest BCUT2D eigenvalue weighted by atomic mass is 10.1. The molecule has 1 aliphatic rings. The molecule has 1 atom stereocenters. The summed E-state index contributed by atoms with van der Waals surface area (Å²) in [5.74, 6) is 0.695. The fraction of sp³-hybridized carbons (Fsp3) is 0.727. The Balaban J connectivity index is 2.02. The Morgan fingerprint density at radius 2 is 2.38 bits per heavy atom. The lowest BCUT2D eigenvalue weighted by Crippen LogP contribution is -2.14. The Morgan fingerprint density at radius 1 is 1.44 bits per heavy atom. The molecule has 16 heavy (non-hydrogen) atoms. The van der Waals surface area contributed by atoms with Gasteiger partial charge in [0.1, 0.15) is 6.10 Å². The Kier molecular flexibility index (Phi) is 4.18. The molecule has 1 fully saturated rings. The van der Waals surface area contributed by atoms with Gasteiger partial charge >= 0.3 is 0 Å². The van der Waals surface area contributed by atoms with Gasteiger partial charge in [-0.2, -0.15) is 5.10 Å². The Bertz CT molecular complexity index is 327. The smallest absolute Gasteiger partial charge is 0.151 e. The van der Waals surface area contributed by atoms with Crippen LogP contribution >= 0.6 is 0 Å². The first kappa shape index (κ1) is 11.4. The minimum atomic E-state index is 0.0807. The molecule has 1 N–H and O–H groups in total. The lowest BCUT2D eigenvalue weighted by molar-refractivity contribution is 0.0118. The van der Waals surface area contributed by atoms with Gasteiger partial charge in [0.05, 0.1) is 11.9 Å². The quantitative estimate of drug-likeness (QED) is 0.826. The monoisotopic (exact) mass is 223 g/mol. The second-order valence-electron chi connectivity index (χ2n) is 3.98. The maximum Gasteiger partial charge on any atom is 0.151 e. The van der Waals surface area contributed by atoms with E-state index in [0.717, 1.165) is 25.1 Å². The van der Waals surface area contributed by atoms with Crippen LogP contribution in [-0.4, -0.2) is 33.5 Å². The van der Waals surface area contributed by atoms with Crippen molar-refractivity contribution in [1.29, 1.82) is 0 Å². The van der Waals surface area contributed by atoms with Gasteiger partial charge in [0, 0.05) is 19.6 Å². The number of aryl methyl sites for hydroxylation is 1. The molecule has 88 valence electrons. The number of rotatable bonds is 4. The van der Waals surface area contributed by atoms with Gasteiger partial charge in [-0.1, -0.05) is 0 Å². The number of hydrogen-bond donors (Lipinski definition) is 1. The second kappa shape index (κ2) is 5.86. The third-order valence-corrected chi connectivity index (χ3v) is 2.69. The van der Waals surface area contributed by atoms with Gasteiger partial charge < -0.3 is 9.84 Å². The Morgan fingerprint density at radius 3 is 3.12 bits per heavy atom. The maximum atomic E-state index is 8.74. The van der Waals surface area contributed by atoms with E-state index in [1.165, 1.54) is 6.42 Å². The van der Waals surface area contributed by atoms with E-state index in [9.17, 15) is 0 Å². The first-order valence-corrected chi connectivity index (χ1v) is 5.81. The number of hydrogen-bond acceptors (Lipinski definition) is 5. The molecule has 0 radical (unpaired) electrons. The van der Waals surface area contributed by atoms with Crippen molar-refractivity contribution in [3.05, 3.63) is 17.7 Å². The molecular weight excluding hydrogens is 206 g/mol. The van der Waals surface area contributed by atoms with E-state index in [2.05, 4.69) is 15.2 Å². The van der Waals surface area contributed by atoms with Crippen molar-refractivity contribution in [3.8, 4) is 0 Å². The van der Waals surface area contributed by atoms with Gasteiger partial charge in [-0.05, 0) is 25.7 Å². The summed E-state index contributed by atoms with van der Waals surface area (Å²) in [6.07, 6.45) is 6.43. The molecule has 1 aromatic heterocycles. The van der Waals surface area contributed by atoms with Crippen LogP contribution in [0, 0.1) is 0 Å². The zero-order valence-corrected chi connectivity index (χ0v) is 9.30. The molecule has 1 aromatic rings. The fourth-order valence-corrected chi connectivity index (χ4v) is 1.83. The summed E-state index contributed by atoms with van der Waals surface area (Å²) in [6.45, 7) is 0.966. The zero-order valence-electron chi connectivity index (χ0n) is 9.30. The average molecular weight is 223 g/mol. The maximum absolute atomic E-state index is 8.74. The molecule has 0 aliphatic carbocycles. The molecule has 1 saturated heterocycles. The van der Waals surface area contributed by atoms with Crippen LogP contribution in [0.3, 0.4) is 0 Å². The predicted molar refractivity (Wildman–Crippen MR) is 57.8 cm³/mol. The summed E-state index contributed by atoms with van der Waals surface area (Å²) < 4.78 is 5.64. The molecular formula is C11H17N3O2. The van der Waals surface area contributed by atoms with Crippen LogP contribution in [0.25, 0.3) is 0 Å². The molecule has 0 amide bonds. The predicted octanol–water partition coefficient (Wildman–Crippen LogP) is 1.04. The number of aliphatic hydroxyl groups is 1. The largest absolute Gasteiger partial charge is 0.396 e. The standard InChI is InChI=1S/C11H17N3O2/c15-6-3-5-11-13-9(8-12-14-11)10-4-1-2-7-16-10/h8,10,15H,1-7H2. The van der Waals surface area contributed by atoms with Crippen molar-refractivity contribution in [3.63, 3.8) is 0 Å². The minimum Gasteiger partial charge on any atom is -0.396 e. The van der Waals surface area contributed by atoms with E-state index in [0.29, 0.717) is 18.7 Å². The summed E-state index contributed by atoms with van der Waals surface area (Å²) in [6, 6.07) is 0. The molecule has 2 rings (SSSR count). The fourth-order valence-electron chi connectivity index (χ4n) is 1.83. The van der Waals surface area contributed by atoms with Gasteiger partial charge in [0.25, 0.3) is 0 Å². The van der Waals surface area contributed by atoms with Crippen LogP contribution in [0.4, 0.5) is 0 Å². The molecule has 0 saturated carbocycles. The summed E-state index contributed by atoms with van der Waals surface area (Å²) in [4.78, 5) is 4.42. The summed E-state index contributed by atoms with van der Waals surface area (Å²) in [5, 5.41) is 16.6. The van der Waals surface area contributed by atoms with Gasteiger partial charge in [0.15, 0.2) is 5.82 Å². The van der Waals surface area contributed by atoms with E-state index in [1.807, 2.05) is 0 Å².